The van der Waals surface area contributed by atoms with E-state index in [-0.39, 0.29) is 6.04 Å². The quantitative estimate of drug-likeness (QED) is 0.553. The summed E-state index contributed by atoms with van der Waals surface area (Å²) >= 11 is 0. The molecule has 4 nitrogen and oxygen atoms in total. The van der Waals surface area contributed by atoms with Crippen LogP contribution in [0, 0.1) is 5.92 Å². The zero-order valence-corrected chi connectivity index (χ0v) is 9.48. The van der Waals surface area contributed by atoms with Crippen molar-refractivity contribution in [3.63, 3.8) is 0 Å². The van der Waals surface area contributed by atoms with Crippen molar-refractivity contribution < 1.29 is 0 Å². The predicted molar refractivity (Wildman–Crippen MR) is 60.8 cm³/mol. The van der Waals surface area contributed by atoms with Crippen molar-refractivity contribution in [3.05, 3.63) is 24.3 Å². The van der Waals surface area contributed by atoms with Crippen LogP contribution in [0.5, 0.6) is 0 Å². The van der Waals surface area contributed by atoms with Crippen molar-refractivity contribution in [2.75, 3.05) is 0 Å². The molecule has 2 unspecified atom stereocenters. The summed E-state index contributed by atoms with van der Waals surface area (Å²) in [6.07, 6.45) is 6.89. The van der Waals surface area contributed by atoms with Gasteiger partial charge in [0.05, 0.1) is 6.04 Å². The Balaban J connectivity index is 2.56. The molecule has 0 amide bonds. The summed E-state index contributed by atoms with van der Waals surface area (Å²) in [5.74, 6) is 6.94. The molecule has 0 aliphatic heterocycles. The maximum atomic E-state index is 5.52. The predicted octanol–water partition coefficient (Wildman–Crippen LogP) is 1.81. The number of aromatic nitrogens is 2. The average molecular weight is 208 g/mol. The molecule has 1 aromatic heterocycles. The average Bonchev–Trinajstić information content (AvgIpc) is 2.27. The lowest BCUT2D eigenvalue weighted by atomic mass is 9.97. The van der Waals surface area contributed by atoms with Crippen LogP contribution in [0.25, 0.3) is 0 Å². The fourth-order valence-electron chi connectivity index (χ4n) is 1.75. The van der Waals surface area contributed by atoms with Crippen molar-refractivity contribution in [2.24, 2.45) is 11.8 Å². The standard InChI is InChI=1S/C11H20N4/c1-3-5-9(2)8-10(15-12)11-13-6-4-7-14-11/h4,6-7,9-10,15H,3,5,8,12H2,1-2H3. The Hall–Kier alpha value is -1.00. The summed E-state index contributed by atoms with van der Waals surface area (Å²) in [5, 5.41) is 0. The zero-order valence-electron chi connectivity index (χ0n) is 9.48. The van der Waals surface area contributed by atoms with Crippen molar-refractivity contribution >= 4 is 0 Å². The molecular formula is C11H20N4. The molecule has 3 N–H and O–H groups in total. The molecule has 0 aliphatic rings. The maximum absolute atomic E-state index is 5.52. The van der Waals surface area contributed by atoms with E-state index < -0.39 is 0 Å². The van der Waals surface area contributed by atoms with Crippen molar-refractivity contribution in [1.82, 2.24) is 15.4 Å². The second kappa shape index (κ2) is 6.48. The normalized spacial score (nSPS) is 14.9. The molecule has 1 aromatic rings. The van der Waals surface area contributed by atoms with Gasteiger partial charge in [-0.1, -0.05) is 26.7 Å². The highest BCUT2D eigenvalue weighted by Crippen LogP contribution is 2.20. The molecule has 4 heteroatoms. The van der Waals surface area contributed by atoms with E-state index in [0.717, 1.165) is 12.2 Å². The van der Waals surface area contributed by atoms with Crippen molar-refractivity contribution in [2.45, 2.75) is 39.2 Å². The molecule has 0 saturated carbocycles. The summed E-state index contributed by atoms with van der Waals surface area (Å²) in [7, 11) is 0. The number of rotatable bonds is 6. The van der Waals surface area contributed by atoms with Crippen LogP contribution in [0.3, 0.4) is 0 Å². The first-order chi connectivity index (χ1) is 7.27. The zero-order chi connectivity index (χ0) is 11.1. The lowest BCUT2D eigenvalue weighted by molar-refractivity contribution is 0.383. The Bertz CT molecular complexity index is 263. The minimum Gasteiger partial charge on any atom is -0.271 e. The molecule has 1 heterocycles. The minimum atomic E-state index is 0.0627. The first-order valence-electron chi connectivity index (χ1n) is 5.51. The van der Waals surface area contributed by atoms with E-state index in [4.69, 9.17) is 5.84 Å². The molecule has 0 saturated heterocycles. The smallest absolute Gasteiger partial charge is 0.146 e. The third-order valence-corrected chi connectivity index (χ3v) is 2.52. The van der Waals surface area contributed by atoms with Crippen molar-refractivity contribution in [3.8, 4) is 0 Å². The monoisotopic (exact) mass is 208 g/mol. The number of hydrogen-bond acceptors (Lipinski definition) is 4. The third kappa shape index (κ3) is 3.93. The fourth-order valence-corrected chi connectivity index (χ4v) is 1.75. The summed E-state index contributed by atoms with van der Waals surface area (Å²) in [6.45, 7) is 4.43. The maximum Gasteiger partial charge on any atom is 0.146 e. The van der Waals surface area contributed by atoms with Gasteiger partial charge in [0, 0.05) is 12.4 Å². The van der Waals surface area contributed by atoms with Gasteiger partial charge in [-0.2, -0.15) is 0 Å². The molecule has 84 valence electrons. The fraction of sp³-hybridized carbons (Fsp3) is 0.636. The van der Waals surface area contributed by atoms with Gasteiger partial charge in [0.25, 0.3) is 0 Å². The number of hydrogen-bond donors (Lipinski definition) is 2. The van der Waals surface area contributed by atoms with Crippen LogP contribution < -0.4 is 11.3 Å². The summed E-state index contributed by atoms with van der Waals surface area (Å²) in [4.78, 5) is 8.42. The van der Waals surface area contributed by atoms with Crippen LogP contribution in [-0.2, 0) is 0 Å². The Kier molecular flexibility index (Phi) is 5.21. The molecule has 1 rings (SSSR count). The van der Waals surface area contributed by atoms with E-state index >= 15 is 0 Å². The molecule has 2 atom stereocenters. The van der Waals surface area contributed by atoms with Gasteiger partial charge in [0.2, 0.25) is 0 Å². The first kappa shape index (κ1) is 12.1. The number of nitrogens with zero attached hydrogens (tertiary/aromatic N) is 2. The third-order valence-electron chi connectivity index (χ3n) is 2.52. The Morgan fingerprint density at radius 3 is 2.60 bits per heavy atom. The molecule has 0 aromatic carbocycles. The van der Waals surface area contributed by atoms with E-state index in [0.29, 0.717) is 5.92 Å². The molecule has 0 spiro atoms. The van der Waals surface area contributed by atoms with Gasteiger partial charge in [-0.05, 0) is 18.4 Å². The molecule has 0 bridgehead atoms. The van der Waals surface area contributed by atoms with Gasteiger partial charge >= 0.3 is 0 Å². The highest BCUT2D eigenvalue weighted by Gasteiger charge is 2.15. The van der Waals surface area contributed by atoms with Gasteiger partial charge in [-0.15, -0.1) is 0 Å². The Morgan fingerprint density at radius 2 is 2.07 bits per heavy atom. The molecular weight excluding hydrogens is 188 g/mol. The van der Waals surface area contributed by atoms with Crippen LogP contribution >= 0.6 is 0 Å². The lowest BCUT2D eigenvalue weighted by Gasteiger charge is -2.18. The van der Waals surface area contributed by atoms with Gasteiger partial charge in [0.15, 0.2) is 0 Å². The van der Waals surface area contributed by atoms with Gasteiger partial charge in [-0.3, -0.25) is 5.84 Å². The highest BCUT2D eigenvalue weighted by molar-refractivity contribution is 4.95. The molecule has 0 aliphatic carbocycles. The molecule has 0 radical (unpaired) electrons. The Morgan fingerprint density at radius 1 is 1.40 bits per heavy atom. The van der Waals surface area contributed by atoms with E-state index in [1.807, 2.05) is 6.07 Å². The lowest BCUT2D eigenvalue weighted by Crippen LogP contribution is -2.30. The van der Waals surface area contributed by atoms with Crippen LogP contribution in [0.2, 0.25) is 0 Å². The minimum absolute atomic E-state index is 0.0627. The summed E-state index contributed by atoms with van der Waals surface area (Å²) in [5.41, 5.74) is 2.78. The second-order valence-electron chi connectivity index (χ2n) is 3.96. The van der Waals surface area contributed by atoms with E-state index in [1.54, 1.807) is 12.4 Å². The highest BCUT2D eigenvalue weighted by atomic mass is 15.2. The van der Waals surface area contributed by atoms with E-state index in [1.165, 1.54) is 12.8 Å². The second-order valence-corrected chi connectivity index (χ2v) is 3.96. The van der Waals surface area contributed by atoms with Crippen LogP contribution in [0.15, 0.2) is 18.5 Å². The SMILES string of the molecule is CCCC(C)CC(NN)c1ncccn1. The van der Waals surface area contributed by atoms with Gasteiger partial charge < -0.3 is 0 Å². The first-order valence-corrected chi connectivity index (χ1v) is 5.51. The molecule has 15 heavy (non-hydrogen) atoms. The van der Waals surface area contributed by atoms with Crippen LogP contribution in [0.1, 0.15) is 45.0 Å². The van der Waals surface area contributed by atoms with Gasteiger partial charge in [0.1, 0.15) is 5.82 Å². The molecule has 0 fully saturated rings. The van der Waals surface area contributed by atoms with Crippen LogP contribution in [-0.4, -0.2) is 9.97 Å². The number of hydrazine groups is 1. The van der Waals surface area contributed by atoms with Crippen LogP contribution in [0.4, 0.5) is 0 Å². The summed E-state index contributed by atoms with van der Waals surface area (Å²) in [6, 6.07) is 1.87. The number of nitrogens with one attached hydrogen (secondary N) is 1. The summed E-state index contributed by atoms with van der Waals surface area (Å²) < 4.78 is 0. The number of nitrogens with two attached hydrogens (primary N) is 1. The Labute approximate surface area is 91.3 Å². The topological polar surface area (TPSA) is 63.8 Å². The van der Waals surface area contributed by atoms with Crippen molar-refractivity contribution in [1.29, 1.82) is 0 Å². The van der Waals surface area contributed by atoms with Gasteiger partial charge in [-0.25, -0.2) is 15.4 Å². The largest absolute Gasteiger partial charge is 0.271 e. The van der Waals surface area contributed by atoms with E-state index in [2.05, 4.69) is 29.2 Å². The van der Waals surface area contributed by atoms with E-state index in [9.17, 15) is 0 Å².